The van der Waals surface area contributed by atoms with Crippen LogP contribution in [0.5, 0.6) is 0 Å². The van der Waals surface area contributed by atoms with E-state index in [9.17, 15) is 9.90 Å². The van der Waals surface area contributed by atoms with Crippen LogP contribution < -0.4 is 10.6 Å². The molecular formula is C11H24N2O2. The van der Waals surface area contributed by atoms with Crippen LogP contribution in [0.3, 0.4) is 0 Å². The molecule has 0 aromatic rings. The van der Waals surface area contributed by atoms with Crippen LogP contribution in [0.15, 0.2) is 0 Å². The highest BCUT2D eigenvalue weighted by Crippen LogP contribution is 2.20. The molecule has 0 aliphatic heterocycles. The van der Waals surface area contributed by atoms with Gasteiger partial charge in [-0.05, 0) is 25.8 Å². The molecule has 0 spiro atoms. The van der Waals surface area contributed by atoms with E-state index in [4.69, 9.17) is 0 Å². The van der Waals surface area contributed by atoms with Crippen molar-refractivity contribution in [2.45, 2.75) is 46.3 Å². The fourth-order valence-corrected chi connectivity index (χ4v) is 1.28. The zero-order valence-corrected chi connectivity index (χ0v) is 10.4. The van der Waals surface area contributed by atoms with Crippen molar-refractivity contribution in [3.05, 3.63) is 0 Å². The van der Waals surface area contributed by atoms with Crippen LogP contribution in [0.4, 0.5) is 0 Å². The molecule has 0 aromatic heterocycles. The number of rotatable bonds is 5. The summed E-state index contributed by atoms with van der Waals surface area (Å²) in [5, 5.41) is 15.2. The molecule has 2 atom stereocenters. The van der Waals surface area contributed by atoms with Gasteiger partial charge < -0.3 is 15.7 Å². The SMILES string of the molecule is CNC(C)C(=O)NCC(O)CC(C)(C)C. The maximum atomic E-state index is 11.4. The first kappa shape index (κ1) is 14.4. The van der Waals surface area contributed by atoms with Crippen molar-refractivity contribution in [1.82, 2.24) is 10.6 Å². The Morgan fingerprint density at radius 3 is 2.33 bits per heavy atom. The van der Waals surface area contributed by atoms with Crippen molar-refractivity contribution >= 4 is 5.91 Å². The quantitative estimate of drug-likeness (QED) is 0.627. The second kappa shape index (κ2) is 6.08. The van der Waals surface area contributed by atoms with E-state index in [1.807, 2.05) is 0 Å². The Hall–Kier alpha value is -0.610. The number of hydrogen-bond acceptors (Lipinski definition) is 3. The third-order valence-corrected chi connectivity index (χ3v) is 2.19. The zero-order chi connectivity index (χ0) is 12.1. The van der Waals surface area contributed by atoms with Crippen molar-refractivity contribution < 1.29 is 9.90 Å². The highest BCUT2D eigenvalue weighted by molar-refractivity contribution is 5.81. The Bertz CT molecular complexity index is 199. The lowest BCUT2D eigenvalue weighted by Gasteiger charge is -2.23. The normalized spacial score (nSPS) is 15.9. The Kier molecular flexibility index (Phi) is 5.83. The summed E-state index contributed by atoms with van der Waals surface area (Å²) in [7, 11) is 1.73. The number of aliphatic hydroxyl groups excluding tert-OH is 1. The van der Waals surface area contributed by atoms with Crippen molar-refractivity contribution in [2.75, 3.05) is 13.6 Å². The van der Waals surface area contributed by atoms with E-state index in [0.29, 0.717) is 13.0 Å². The molecule has 0 saturated carbocycles. The van der Waals surface area contributed by atoms with Gasteiger partial charge in [0.2, 0.25) is 5.91 Å². The van der Waals surface area contributed by atoms with Gasteiger partial charge in [0.25, 0.3) is 0 Å². The molecule has 15 heavy (non-hydrogen) atoms. The molecule has 90 valence electrons. The molecule has 0 aliphatic carbocycles. The Morgan fingerprint density at radius 2 is 1.93 bits per heavy atom. The molecule has 3 N–H and O–H groups in total. The lowest BCUT2D eigenvalue weighted by molar-refractivity contribution is -0.123. The van der Waals surface area contributed by atoms with Gasteiger partial charge >= 0.3 is 0 Å². The summed E-state index contributed by atoms with van der Waals surface area (Å²) in [5.74, 6) is -0.0783. The lowest BCUT2D eigenvalue weighted by Crippen LogP contribution is -2.43. The number of nitrogens with one attached hydrogen (secondary N) is 2. The molecule has 0 aromatic carbocycles. The molecule has 0 aliphatic rings. The van der Waals surface area contributed by atoms with Crippen LogP contribution in [-0.4, -0.2) is 36.8 Å². The molecular weight excluding hydrogens is 192 g/mol. The van der Waals surface area contributed by atoms with Crippen molar-refractivity contribution in [2.24, 2.45) is 5.41 Å². The first-order valence-electron chi connectivity index (χ1n) is 5.39. The second-order valence-electron chi connectivity index (χ2n) is 5.17. The second-order valence-corrected chi connectivity index (χ2v) is 5.17. The van der Waals surface area contributed by atoms with Crippen LogP contribution in [0.25, 0.3) is 0 Å². The number of likely N-dealkylation sites (N-methyl/N-ethyl adjacent to an activating group) is 1. The van der Waals surface area contributed by atoms with Gasteiger partial charge in [-0.2, -0.15) is 0 Å². The maximum Gasteiger partial charge on any atom is 0.236 e. The van der Waals surface area contributed by atoms with E-state index < -0.39 is 6.10 Å². The van der Waals surface area contributed by atoms with Crippen LogP contribution in [0.1, 0.15) is 34.1 Å². The third kappa shape index (κ3) is 7.33. The lowest BCUT2D eigenvalue weighted by atomic mass is 9.89. The van der Waals surface area contributed by atoms with E-state index in [1.54, 1.807) is 14.0 Å². The van der Waals surface area contributed by atoms with Crippen LogP contribution in [0.2, 0.25) is 0 Å². The highest BCUT2D eigenvalue weighted by atomic mass is 16.3. The predicted molar refractivity (Wildman–Crippen MR) is 61.6 cm³/mol. The van der Waals surface area contributed by atoms with Crippen LogP contribution in [-0.2, 0) is 4.79 Å². The highest BCUT2D eigenvalue weighted by Gasteiger charge is 2.18. The molecule has 0 saturated heterocycles. The fourth-order valence-electron chi connectivity index (χ4n) is 1.28. The summed E-state index contributed by atoms with van der Waals surface area (Å²) in [6, 6.07) is -0.216. The Morgan fingerprint density at radius 1 is 1.40 bits per heavy atom. The minimum Gasteiger partial charge on any atom is -0.391 e. The molecule has 0 bridgehead atoms. The summed E-state index contributed by atoms with van der Waals surface area (Å²) in [6.45, 7) is 8.30. The van der Waals surface area contributed by atoms with Crippen molar-refractivity contribution in [1.29, 1.82) is 0 Å². The molecule has 4 heteroatoms. The number of amides is 1. The van der Waals surface area contributed by atoms with Gasteiger partial charge in [-0.25, -0.2) is 0 Å². The third-order valence-electron chi connectivity index (χ3n) is 2.19. The molecule has 2 unspecified atom stereocenters. The maximum absolute atomic E-state index is 11.4. The van der Waals surface area contributed by atoms with E-state index in [2.05, 4.69) is 31.4 Å². The summed E-state index contributed by atoms with van der Waals surface area (Å²) >= 11 is 0. The van der Waals surface area contributed by atoms with E-state index in [1.165, 1.54) is 0 Å². The van der Waals surface area contributed by atoms with E-state index in [0.717, 1.165) is 0 Å². The number of hydrogen-bond donors (Lipinski definition) is 3. The molecule has 0 rings (SSSR count). The van der Waals surface area contributed by atoms with Gasteiger partial charge in [-0.15, -0.1) is 0 Å². The minimum absolute atomic E-state index is 0.0783. The van der Waals surface area contributed by atoms with Gasteiger partial charge in [-0.3, -0.25) is 4.79 Å². The molecule has 1 amide bonds. The predicted octanol–water partition coefficient (Wildman–Crippen LogP) is 0.508. The topological polar surface area (TPSA) is 61.4 Å². The molecule has 0 fully saturated rings. The van der Waals surface area contributed by atoms with Crippen LogP contribution >= 0.6 is 0 Å². The zero-order valence-electron chi connectivity index (χ0n) is 10.4. The molecule has 4 nitrogen and oxygen atoms in total. The summed E-state index contributed by atoms with van der Waals surface area (Å²) < 4.78 is 0. The van der Waals surface area contributed by atoms with E-state index >= 15 is 0 Å². The average Bonchev–Trinajstić information content (AvgIpc) is 2.10. The first-order valence-corrected chi connectivity index (χ1v) is 5.39. The number of carbonyl (C=O) groups is 1. The van der Waals surface area contributed by atoms with Gasteiger partial charge in [-0.1, -0.05) is 20.8 Å². The van der Waals surface area contributed by atoms with Gasteiger partial charge in [0.15, 0.2) is 0 Å². The Labute approximate surface area is 92.4 Å². The molecule has 0 heterocycles. The minimum atomic E-state index is -0.474. The number of carbonyl (C=O) groups excluding carboxylic acids is 1. The fraction of sp³-hybridized carbons (Fsp3) is 0.909. The number of aliphatic hydroxyl groups is 1. The largest absolute Gasteiger partial charge is 0.391 e. The summed E-state index contributed by atoms with van der Waals surface area (Å²) in [4.78, 5) is 11.4. The van der Waals surface area contributed by atoms with Crippen molar-refractivity contribution in [3.8, 4) is 0 Å². The van der Waals surface area contributed by atoms with Gasteiger partial charge in [0, 0.05) is 6.54 Å². The monoisotopic (exact) mass is 216 g/mol. The average molecular weight is 216 g/mol. The standard InChI is InChI=1S/C11H24N2O2/c1-8(12-5)10(15)13-7-9(14)6-11(2,3)4/h8-9,12,14H,6-7H2,1-5H3,(H,13,15). The van der Waals surface area contributed by atoms with Crippen LogP contribution in [0, 0.1) is 5.41 Å². The van der Waals surface area contributed by atoms with Crippen molar-refractivity contribution in [3.63, 3.8) is 0 Å². The van der Waals surface area contributed by atoms with Gasteiger partial charge in [0.05, 0.1) is 12.1 Å². The van der Waals surface area contributed by atoms with Gasteiger partial charge in [0.1, 0.15) is 0 Å². The molecule has 0 radical (unpaired) electrons. The Balaban J connectivity index is 3.81. The summed E-state index contributed by atoms with van der Waals surface area (Å²) in [5.41, 5.74) is 0.0821. The summed E-state index contributed by atoms with van der Waals surface area (Å²) in [6.07, 6.45) is 0.208. The smallest absolute Gasteiger partial charge is 0.236 e. The first-order chi connectivity index (χ1) is 6.76. The van der Waals surface area contributed by atoms with E-state index in [-0.39, 0.29) is 17.4 Å².